The van der Waals surface area contributed by atoms with E-state index in [0.29, 0.717) is 0 Å². The molecule has 0 aliphatic carbocycles. The average Bonchev–Trinajstić information content (AvgIpc) is 2.62. The SMILES string of the molecule is CCNCc1cccc2nccn12. The number of aromatic nitrogens is 2. The molecule has 0 atom stereocenters. The molecule has 0 bridgehead atoms. The second-order valence-corrected chi connectivity index (χ2v) is 2.95. The molecule has 0 spiro atoms. The summed E-state index contributed by atoms with van der Waals surface area (Å²) in [6.45, 7) is 3.99. The van der Waals surface area contributed by atoms with E-state index in [1.165, 1.54) is 5.69 Å². The lowest BCUT2D eigenvalue weighted by atomic mass is 10.3. The summed E-state index contributed by atoms with van der Waals surface area (Å²) in [6.07, 6.45) is 3.81. The number of fused-ring (bicyclic) bond motifs is 1. The highest BCUT2D eigenvalue weighted by Crippen LogP contribution is 2.04. The van der Waals surface area contributed by atoms with Crippen molar-refractivity contribution in [2.45, 2.75) is 13.5 Å². The molecule has 0 aliphatic heterocycles. The van der Waals surface area contributed by atoms with Crippen molar-refractivity contribution < 1.29 is 0 Å². The van der Waals surface area contributed by atoms with Crippen LogP contribution in [0.5, 0.6) is 0 Å². The lowest BCUT2D eigenvalue weighted by Gasteiger charge is -2.04. The van der Waals surface area contributed by atoms with Crippen molar-refractivity contribution in [3.05, 3.63) is 36.3 Å². The van der Waals surface area contributed by atoms with E-state index in [9.17, 15) is 0 Å². The van der Waals surface area contributed by atoms with Crippen LogP contribution in [-0.4, -0.2) is 15.9 Å². The number of imidazole rings is 1. The fraction of sp³-hybridized carbons (Fsp3) is 0.300. The van der Waals surface area contributed by atoms with Gasteiger partial charge in [-0.15, -0.1) is 0 Å². The molecule has 2 heterocycles. The zero-order chi connectivity index (χ0) is 9.10. The van der Waals surface area contributed by atoms with E-state index in [-0.39, 0.29) is 0 Å². The summed E-state index contributed by atoms with van der Waals surface area (Å²) in [5.74, 6) is 0. The van der Waals surface area contributed by atoms with Crippen molar-refractivity contribution in [3.63, 3.8) is 0 Å². The van der Waals surface area contributed by atoms with Gasteiger partial charge >= 0.3 is 0 Å². The highest BCUT2D eigenvalue weighted by Gasteiger charge is 1.98. The average molecular weight is 175 g/mol. The largest absolute Gasteiger partial charge is 0.311 e. The Hall–Kier alpha value is -1.35. The Bertz CT molecular complexity index is 392. The number of hydrogen-bond acceptors (Lipinski definition) is 2. The number of hydrogen-bond donors (Lipinski definition) is 1. The van der Waals surface area contributed by atoms with Gasteiger partial charge in [0.1, 0.15) is 5.65 Å². The number of rotatable bonds is 3. The third-order valence-electron chi connectivity index (χ3n) is 2.07. The summed E-state index contributed by atoms with van der Waals surface area (Å²) in [6, 6.07) is 6.15. The molecule has 0 saturated carbocycles. The molecule has 0 aliphatic rings. The molecule has 0 saturated heterocycles. The maximum absolute atomic E-state index is 4.22. The summed E-state index contributed by atoms with van der Waals surface area (Å²) in [7, 11) is 0. The fourth-order valence-electron chi connectivity index (χ4n) is 1.40. The maximum atomic E-state index is 4.22. The first-order chi connectivity index (χ1) is 6.42. The van der Waals surface area contributed by atoms with Crippen LogP contribution in [0.1, 0.15) is 12.6 Å². The van der Waals surface area contributed by atoms with E-state index in [0.717, 1.165) is 18.7 Å². The van der Waals surface area contributed by atoms with Gasteiger partial charge in [0.25, 0.3) is 0 Å². The summed E-state index contributed by atoms with van der Waals surface area (Å²) < 4.78 is 2.10. The number of nitrogens with zero attached hydrogens (tertiary/aromatic N) is 2. The molecule has 1 N–H and O–H groups in total. The topological polar surface area (TPSA) is 29.3 Å². The minimum absolute atomic E-state index is 0.893. The van der Waals surface area contributed by atoms with Gasteiger partial charge in [-0.25, -0.2) is 4.98 Å². The lowest BCUT2D eigenvalue weighted by molar-refractivity contribution is 0.703. The summed E-state index contributed by atoms with van der Waals surface area (Å²) in [5.41, 5.74) is 2.26. The Balaban J connectivity index is 2.37. The molecule has 0 radical (unpaired) electrons. The lowest BCUT2D eigenvalue weighted by Crippen LogP contribution is -2.14. The van der Waals surface area contributed by atoms with Gasteiger partial charge in [-0.05, 0) is 18.7 Å². The smallest absolute Gasteiger partial charge is 0.136 e. The van der Waals surface area contributed by atoms with Gasteiger partial charge in [-0.2, -0.15) is 0 Å². The molecule has 2 aromatic heterocycles. The van der Waals surface area contributed by atoms with E-state index in [1.54, 1.807) is 0 Å². The van der Waals surface area contributed by atoms with Crippen LogP contribution in [0.3, 0.4) is 0 Å². The molecule has 0 amide bonds. The van der Waals surface area contributed by atoms with Crippen molar-refractivity contribution in [2.24, 2.45) is 0 Å². The zero-order valence-electron chi connectivity index (χ0n) is 7.70. The molecule has 0 aromatic carbocycles. The first-order valence-corrected chi connectivity index (χ1v) is 4.53. The van der Waals surface area contributed by atoms with E-state index >= 15 is 0 Å². The predicted molar refractivity (Wildman–Crippen MR) is 52.6 cm³/mol. The maximum Gasteiger partial charge on any atom is 0.136 e. The van der Waals surface area contributed by atoms with Gasteiger partial charge in [-0.3, -0.25) is 0 Å². The molecule has 68 valence electrons. The van der Waals surface area contributed by atoms with E-state index < -0.39 is 0 Å². The van der Waals surface area contributed by atoms with Crippen LogP contribution < -0.4 is 5.32 Å². The third kappa shape index (κ3) is 1.55. The van der Waals surface area contributed by atoms with Gasteiger partial charge < -0.3 is 9.72 Å². The first-order valence-electron chi connectivity index (χ1n) is 4.53. The molecule has 0 fully saturated rings. The monoisotopic (exact) mass is 175 g/mol. The summed E-state index contributed by atoms with van der Waals surface area (Å²) >= 11 is 0. The summed E-state index contributed by atoms with van der Waals surface area (Å²) in [5, 5.41) is 3.30. The van der Waals surface area contributed by atoms with Crippen LogP contribution >= 0.6 is 0 Å². The van der Waals surface area contributed by atoms with Crippen LogP contribution in [0.2, 0.25) is 0 Å². The number of pyridine rings is 1. The second kappa shape index (κ2) is 3.58. The van der Waals surface area contributed by atoms with Gasteiger partial charge in [0, 0.05) is 24.6 Å². The van der Waals surface area contributed by atoms with Crippen LogP contribution in [0.25, 0.3) is 5.65 Å². The molecule has 2 aromatic rings. The minimum Gasteiger partial charge on any atom is -0.311 e. The molecule has 2 rings (SSSR count). The number of nitrogens with one attached hydrogen (secondary N) is 1. The first kappa shape index (κ1) is 8.26. The fourth-order valence-corrected chi connectivity index (χ4v) is 1.40. The van der Waals surface area contributed by atoms with Crippen molar-refractivity contribution >= 4 is 5.65 Å². The Labute approximate surface area is 77.4 Å². The molecule has 3 nitrogen and oxygen atoms in total. The van der Waals surface area contributed by atoms with Gasteiger partial charge in [0.05, 0.1) is 0 Å². The van der Waals surface area contributed by atoms with Crippen LogP contribution in [0.15, 0.2) is 30.6 Å². The standard InChI is InChI=1S/C10H13N3/c1-2-11-8-9-4-3-5-10-12-6-7-13(9)10/h3-7,11H,2,8H2,1H3. The van der Waals surface area contributed by atoms with Gasteiger partial charge in [0.2, 0.25) is 0 Å². The second-order valence-electron chi connectivity index (χ2n) is 2.95. The normalized spacial score (nSPS) is 10.8. The Kier molecular flexibility index (Phi) is 2.27. The van der Waals surface area contributed by atoms with E-state index in [1.807, 2.05) is 24.5 Å². The molecule has 3 heteroatoms. The van der Waals surface area contributed by atoms with Gasteiger partial charge in [-0.1, -0.05) is 13.0 Å². The Morgan fingerprint density at radius 1 is 1.46 bits per heavy atom. The minimum atomic E-state index is 0.893. The quantitative estimate of drug-likeness (QED) is 0.765. The molecular formula is C10H13N3. The highest BCUT2D eigenvalue weighted by atomic mass is 15.0. The van der Waals surface area contributed by atoms with Crippen molar-refractivity contribution in [1.29, 1.82) is 0 Å². The Morgan fingerprint density at radius 2 is 2.38 bits per heavy atom. The molecule has 13 heavy (non-hydrogen) atoms. The van der Waals surface area contributed by atoms with Crippen molar-refractivity contribution in [2.75, 3.05) is 6.54 Å². The summed E-state index contributed by atoms with van der Waals surface area (Å²) in [4.78, 5) is 4.22. The van der Waals surface area contributed by atoms with E-state index in [2.05, 4.69) is 27.7 Å². The predicted octanol–water partition coefficient (Wildman–Crippen LogP) is 1.44. The van der Waals surface area contributed by atoms with Crippen molar-refractivity contribution in [1.82, 2.24) is 14.7 Å². The molecule has 0 unspecified atom stereocenters. The Morgan fingerprint density at radius 3 is 3.23 bits per heavy atom. The van der Waals surface area contributed by atoms with Crippen molar-refractivity contribution in [3.8, 4) is 0 Å². The van der Waals surface area contributed by atoms with E-state index in [4.69, 9.17) is 0 Å². The van der Waals surface area contributed by atoms with Gasteiger partial charge in [0.15, 0.2) is 0 Å². The highest BCUT2D eigenvalue weighted by molar-refractivity contribution is 5.39. The molecular weight excluding hydrogens is 162 g/mol. The van der Waals surface area contributed by atoms with Crippen LogP contribution in [-0.2, 0) is 6.54 Å². The van der Waals surface area contributed by atoms with Crippen LogP contribution in [0, 0.1) is 0 Å². The zero-order valence-corrected chi connectivity index (χ0v) is 7.70. The van der Waals surface area contributed by atoms with Crippen LogP contribution in [0.4, 0.5) is 0 Å². The third-order valence-corrected chi connectivity index (χ3v) is 2.07.